The Kier molecular flexibility index (Phi) is 4.71. The number of rotatable bonds is 2. The Hall–Kier alpha value is -1.98. The van der Waals surface area contributed by atoms with Crippen molar-refractivity contribution in [2.75, 3.05) is 5.32 Å². The van der Waals surface area contributed by atoms with Crippen LogP contribution in [0.25, 0.3) is 5.57 Å². The van der Waals surface area contributed by atoms with Gasteiger partial charge in [-0.3, -0.25) is 5.32 Å². The summed E-state index contributed by atoms with van der Waals surface area (Å²) >= 11 is 0. The number of hydrogen-bond donors (Lipinski definition) is 1. The highest BCUT2D eigenvalue weighted by Crippen LogP contribution is 2.33. The Bertz CT molecular complexity index is 557. The Balaban J connectivity index is 2.89. The van der Waals surface area contributed by atoms with Crippen LogP contribution in [0.5, 0.6) is 0 Å². The summed E-state index contributed by atoms with van der Waals surface area (Å²) in [5.41, 5.74) is -0.724. The predicted octanol–water partition coefficient (Wildman–Crippen LogP) is 4.92. The summed E-state index contributed by atoms with van der Waals surface area (Å²) < 4.78 is 42.8. The van der Waals surface area contributed by atoms with Gasteiger partial charge in [0.2, 0.25) is 0 Å². The standard InChI is InChI=1S/C15H18F3NO2/c1-9-8-11(10(2)15(16,17)18)6-7-12(9)19-13(20)21-14(3,4)5/h6-8H,2H2,1,3-5H3,(H,19,20). The molecule has 1 rings (SSSR count). The van der Waals surface area contributed by atoms with Crippen molar-refractivity contribution in [3.05, 3.63) is 35.9 Å². The van der Waals surface area contributed by atoms with E-state index in [-0.39, 0.29) is 5.56 Å². The second-order valence-corrected chi connectivity index (χ2v) is 5.63. The van der Waals surface area contributed by atoms with Crippen molar-refractivity contribution in [2.24, 2.45) is 0 Å². The number of alkyl halides is 3. The Morgan fingerprint density at radius 2 is 1.81 bits per heavy atom. The number of carbonyl (C=O) groups is 1. The second-order valence-electron chi connectivity index (χ2n) is 5.63. The van der Waals surface area contributed by atoms with Crippen LogP contribution in [-0.2, 0) is 4.74 Å². The maximum absolute atomic E-state index is 12.6. The molecular weight excluding hydrogens is 283 g/mol. The monoisotopic (exact) mass is 301 g/mol. The molecule has 1 aromatic rings. The summed E-state index contributed by atoms with van der Waals surface area (Å²) in [5, 5.41) is 2.50. The average molecular weight is 301 g/mol. The molecule has 0 aromatic heterocycles. The van der Waals surface area contributed by atoms with Crippen molar-refractivity contribution in [1.29, 1.82) is 0 Å². The van der Waals surface area contributed by atoms with Gasteiger partial charge < -0.3 is 4.74 Å². The van der Waals surface area contributed by atoms with Crippen molar-refractivity contribution >= 4 is 17.4 Å². The Morgan fingerprint density at radius 1 is 1.24 bits per heavy atom. The van der Waals surface area contributed by atoms with Crippen molar-refractivity contribution in [1.82, 2.24) is 0 Å². The molecule has 0 spiro atoms. The van der Waals surface area contributed by atoms with E-state index in [2.05, 4.69) is 11.9 Å². The van der Waals surface area contributed by atoms with Crippen LogP contribution in [0.1, 0.15) is 31.9 Å². The van der Waals surface area contributed by atoms with Gasteiger partial charge in [0.15, 0.2) is 0 Å². The molecule has 0 saturated carbocycles. The number of anilines is 1. The molecule has 0 unspecified atom stereocenters. The molecule has 0 bridgehead atoms. The lowest BCUT2D eigenvalue weighted by molar-refractivity contribution is -0.0686. The lowest BCUT2D eigenvalue weighted by Gasteiger charge is -2.20. The summed E-state index contributed by atoms with van der Waals surface area (Å²) in [4.78, 5) is 11.6. The second kappa shape index (κ2) is 5.79. The van der Waals surface area contributed by atoms with Gasteiger partial charge in [-0.15, -0.1) is 0 Å². The fourth-order valence-electron chi connectivity index (χ4n) is 1.57. The first-order valence-corrected chi connectivity index (χ1v) is 6.27. The van der Waals surface area contributed by atoms with Gasteiger partial charge in [-0.05, 0) is 51.0 Å². The molecule has 3 nitrogen and oxygen atoms in total. The van der Waals surface area contributed by atoms with Gasteiger partial charge >= 0.3 is 12.3 Å². The molecule has 116 valence electrons. The van der Waals surface area contributed by atoms with Crippen LogP contribution in [0, 0.1) is 6.92 Å². The van der Waals surface area contributed by atoms with Gasteiger partial charge in [0.05, 0.1) is 5.57 Å². The zero-order valence-corrected chi connectivity index (χ0v) is 12.4. The highest BCUT2D eigenvalue weighted by Gasteiger charge is 2.33. The number of aryl methyl sites for hydroxylation is 1. The predicted molar refractivity (Wildman–Crippen MR) is 76.1 cm³/mol. The van der Waals surface area contributed by atoms with E-state index < -0.39 is 23.4 Å². The number of allylic oxidation sites excluding steroid dienone is 1. The molecule has 0 fully saturated rings. The number of hydrogen-bond acceptors (Lipinski definition) is 2. The lowest BCUT2D eigenvalue weighted by atomic mass is 10.0. The normalized spacial score (nSPS) is 12.0. The van der Waals surface area contributed by atoms with Crippen LogP contribution in [-0.4, -0.2) is 17.9 Å². The van der Waals surface area contributed by atoms with E-state index in [9.17, 15) is 18.0 Å². The smallest absolute Gasteiger partial charge is 0.416 e. The number of halogens is 3. The highest BCUT2D eigenvalue weighted by atomic mass is 19.4. The molecule has 0 atom stereocenters. The van der Waals surface area contributed by atoms with E-state index in [0.717, 1.165) is 0 Å². The SMILES string of the molecule is C=C(c1ccc(NC(=O)OC(C)(C)C)c(C)c1)C(F)(F)F. The van der Waals surface area contributed by atoms with Crippen molar-refractivity contribution in [3.63, 3.8) is 0 Å². The van der Waals surface area contributed by atoms with Crippen LogP contribution < -0.4 is 5.32 Å². The molecule has 1 N–H and O–H groups in total. The van der Waals surface area contributed by atoms with Gasteiger partial charge in [-0.2, -0.15) is 13.2 Å². The van der Waals surface area contributed by atoms with Crippen LogP contribution >= 0.6 is 0 Å². The third-order valence-corrected chi connectivity index (χ3v) is 2.55. The van der Waals surface area contributed by atoms with Crippen LogP contribution in [0.2, 0.25) is 0 Å². The quantitative estimate of drug-likeness (QED) is 0.842. The highest BCUT2D eigenvalue weighted by molar-refractivity contribution is 5.86. The van der Waals surface area contributed by atoms with E-state index >= 15 is 0 Å². The first-order chi connectivity index (χ1) is 9.40. The fourth-order valence-corrected chi connectivity index (χ4v) is 1.57. The molecule has 0 saturated heterocycles. The minimum Gasteiger partial charge on any atom is -0.444 e. The van der Waals surface area contributed by atoms with Crippen molar-refractivity contribution < 1.29 is 22.7 Å². The average Bonchev–Trinajstić information content (AvgIpc) is 2.27. The number of nitrogens with one attached hydrogen (secondary N) is 1. The van der Waals surface area contributed by atoms with Crippen molar-refractivity contribution in [2.45, 2.75) is 39.5 Å². The molecule has 1 amide bonds. The first kappa shape index (κ1) is 17.1. The molecule has 0 aliphatic carbocycles. The lowest BCUT2D eigenvalue weighted by Crippen LogP contribution is -2.27. The van der Waals surface area contributed by atoms with Gasteiger partial charge in [-0.1, -0.05) is 12.6 Å². The molecule has 1 aromatic carbocycles. The minimum absolute atomic E-state index is 0.0326. The summed E-state index contributed by atoms with van der Waals surface area (Å²) in [6.45, 7) is 9.79. The number of carbonyl (C=O) groups excluding carboxylic acids is 1. The maximum atomic E-state index is 12.6. The third-order valence-electron chi connectivity index (χ3n) is 2.55. The van der Waals surface area contributed by atoms with Gasteiger partial charge in [0.1, 0.15) is 5.60 Å². The van der Waals surface area contributed by atoms with Gasteiger partial charge in [0, 0.05) is 5.69 Å². The molecule has 0 heterocycles. The minimum atomic E-state index is -4.48. The topological polar surface area (TPSA) is 38.3 Å². The number of benzene rings is 1. The fraction of sp³-hybridized carbons (Fsp3) is 0.400. The zero-order chi connectivity index (χ0) is 16.4. The van der Waals surface area contributed by atoms with Crippen LogP contribution in [0.3, 0.4) is 0 Å². The first-order valence-electron chi connectivity index (χ1n) is 6.27. The molecule has 0 aliphatic heterocycles. The zero-order valence-electron chi connectivity index (χ0n) is 12.4. The largest absolute Gasteiger partial charge is 0.444 e. The van der Waals surface area contributed by atoms with E-state index in [4.69, 9.17) is 4.74 Å². The van der Waals surface area contributed by atoms with Gasteiger partial charge in [-0.25, -0.2) is 4.79 Å². The molecule has 6 heteroatoms. The molecular formula is C15H18F3NO2. The summed E-state index contributed by atoms with van der Waals surface area (Å²) in [5.74, 6) is 0. The van der Waals surface area contributed by atoms with Crippen LogP contribution in [0.4, 0.5) is 23.7 Å². The van der Waals surface area contributed by atoms with E-state index in [1.165, 1.54) is 18.2 Å². The molecule has 0 radical (unpaired) electrons. The Labute approximate surface area is 121 Å². The summed E-state index contributed by atoms with van der Waals surface area (Å²) in [6, 6.07) is 3.98. The Morgan fingerprint density at radius 3 is 2.24 bits per heavy atom. The summed E-state index contributed by atoms with van der Waals surface area (Å²) in [6.07, 6.45) is -5.14. The van der Waals surface area contributed by atoms with Crippen LogP contribution in [0.15, 0.2) is 24.8 Å². The van der Waals surface area contributed by atoms with E-state index in [1.54, 1.807) is 27.7 Å². The number of ether oxygens (including phenoxy) is 1. The molecule has 0 aliphatic rings. The maximum Gasteiger partial charge on any atom is 0.416 e. The van der Waals surface area contributed by atoms with Gasteiger partial charge in [0.25, 0.3) is 0 Å². The van der Waals surface area contributed by atoms with E-state index in [0.29, 0.717) is 11.3 Å². The third kappa shape index (κ3) is 5.13. The summed E-state index contributed by atoms with van der Waals surface area (Å²) in [7, 11) is 0. The van der Waals surface area contributed by atoms with Crippen molar-refractivity contribution in [3.8, 4) is 0 Å². The van der Waals surface area contributed by atoms with E-state index in [1.807, 2.05) is 0 Å². The number of amides is 1. The molecule has 21 heavy (non-hydrogen) atoms.